The average molecular weight is 503 g/mol. The van der Waals surface area contributed by atoms with Gasteiger partial charge in [0.05, 0.1) is 13.2 Å². The van der Waals surface area contributed by atoms with Crippen LogP contribution in [0.4, 0.5) is 13.2 Å². The zero-order valence-electron chi connectivity index (χ0n) is 20.0. The summed E-state index contributed by atoms with van der Waals surface area (Å²) < 4.78 is 42.0. The highest BCUT2D eigenvalue weighted by atomic mass is 19.4. The maximum Gasteiger partial charge on any atom is 0.446 e. The van der Waals surface area contributed by atoms with Crippen LogP contribution in [0.25, 0.3) is 5.57 Å². The van der Waals surface area contributed by atoms with Gasteiger partial charge in [0.15, 0.2) is 5.76 Å². The standard InChI is InChI=1S/C25H28N2O3.C2HF3O/c26-18-22-8-9-25(30-22)24(28)17-21-7-6-19(10-11-27-12-14-29-15-13-27)16-23(21)20-4-2-1-3-5-20;3-2(4,5)1-6/h4,6-9,16H,1-3,5,10-15,17H2;1H. The van der Waals surface area contributed by atoms with Gasteiger partial charge in [-0.1, -0.05) is 24.3 Å². The van der Waals surface area contributed by atoms with E-state index in [0.29, 0.717) is 0 Å². The third-order valence-corrected chi connectivity index (χ3v) is 6.11. The molecule has 0 N–H and O–H groups in total. The molecule has 1 aliphatic carbocycles. The molecule has 1 aliphatic heterocycles. The summed E-state index contributed by atoms with van der Waals surface area (Å²) in [6, 6.07) is 11.6. The predicted octanol–water partition coefficient (Wildman–Crippen LogP) is 5.16. The summed E-state index contributed by atoms with van der Waals surface area (Å²) in [7, 11) is 0. The number of rotatable bonds is 7. The van der Waals surface area contributed by atoms with Crippen LogP contribution in [0.3, 0.4) is 0 Å². The fourth-order valence-electron chi connectivity index (χ4n) is 4.23. The zero-order chi connectivity index (χ0) is 26.0. The van der Waals surface area contributed by atoms with E-state index in [9.17, 15) is 18.0 Å². The number of furan rings is 1. The van der Waals surface area contributed by atoms with E-state index in [-0.39, 0.29) is 23.7 Å². The maximum atomic E-state index is 12.8. The summed E-state index contributed by atoms with van der Waals surface area (Å²) in [4.78, 5) is 23.9. The van der Waals surface area contributed by atoms with Crippen LogP contribution >= 0.6 is 0 Å². The lowest BCUT2D eigenvalue weighted by Gasteiger charge is -2.26. The molecule has 9 heteroatoms. The second kappa shape index (κ2) is 13.2. The zero-order valence-corrected chi connectivity index (χ0v) is 20.0. The highest BCUT2D eigenvalue weighted by Crippen LogP contribution is 2.31. The Morgan fingerprint density at radius 2 is 1.89 bits per heavy atom. The Labute approximate surface area is 208 Å². The first-order valence-electron chi connectivity index (χ1n) is 12.0. The number of nitrogens with zero attached hydrogens (tertiary/aromatic N) is 2. The van der Waals surface area contributed by atoms with E-state index in [1.807, 2.05) is 6.07 Å². The molecule has 2 heterocycles. The largest absolute Gasteiger partial charge is 0.446 e. The van der Waals surface area contributed by atoms with Crippen molar-refractivity contribution < 1.29 is 31.9 Å². The van der Waals surface area contributed by atoms with Gasteiger partial charge < -0.3 is 9.15 Å². The third-order valence-electron chi connectivity index (χ3n) is 6.11. The van der Waals surface area contributed by atoms with Crippen LogP contribution in [-0.4, -0.2) is 56.0 Å². The Kier molecular flexibility index (Phi) is 10.0. The second-order valence-electron chi connectivity index (χ2n) is 8.71. The van der Waals surface area contributed by atoms with Gasteiger partial charge in [0.1, 0.15) is 6.07 Å². The second-order valence-corrected chi connectivity index (χ2v) is 8.71. The Morgan fingerprint density at radius 3 is 2.50 bits per heavy atom. The molecule has 1 aromatic heterocycles. The number of morpholine rings is 1. The number of carbonyl (C=O) groups excluding carboxylic acids is 2. The molecule has 1 fully saturated rings. The minimum absolute atomic E-state index is 0.0878. The number of benzene rings is 1. The van der Waals surface area contributed by atoms with Gasteiger partial charge >= 0.3 is 6.18 Å². The van der Waals surface area contributed by atoms with Gasteiger partial charge in [0, 0.05) is 26.1 Å². The normalized spacial score (nSPS) is 16.3. The Balaban J connectivity index is 0.000000538. The van der Waals surface area contributed by atoms with Gasteiger partial charge in [-0.3, -0.25) is 14.5 Å². The van der Waals surface area contributed by atoms with E-state index in [2.05, 4.69) is 29.2 Å². The van der Waals surface area contributed by atoms with Gasteiger partial charge in [0.25, 0.3) is 0 Å². The van der Waals surface area contributed by atoms with Gasteiger partial charge in [-0.2, -0.15) is 18.4 Å². The molecule has 0 atom stereocenters. The molecule has 1 saturated heterocycles. The van der Waals surface area contributed by atoms with Crippen LogP contribution in [0, 0.1) is 11.3 Å². The van der Waals surface area contributed by atoms with Crippen LogP contribution in [0.5, 0.6) is 0 Å². The van der Waals surface area contributed by atoms with E-state index in [0.717, 1.165) is 57.7 Å². The number of Topliss-reactive ketones (excluding diaryl/α,β-unsaturated/α-hetero) is 1. The number of aldehydes is 1. The van der Waals surface area contributed by atoms with Crippen molar-refractivity contribution in [2.45, 2.75) is 44.7 Å². The van der Waals surface area contributed by atoms with Crippen LogP contribution in [0.2, 0.25) is 0 Å². The molecule has 0 radical (unpaired) electrons. The summed E-state index contributed by atoms with van der Waals surface area (Å²) in [5, 5.41) is 8.94. The number of alkyl halides is 3. The van der Waals surface area contributed by atoms with E-state index in [4.69, 9.17) is 19.2 Å². The van der Waals surface area contributed by atoms with Crippen molar-refractivity contribution in [2.24, 2.45) is 0 Å². The van der Waals surface area contributed by atoms with Gasteiger partial charge in [-0.05, 0) is 66.5 Å². The number of ether oxygens (including phenoxy) is 1. The van der Waals surface area contributed by atoms with Crippen molar-refractivity contribution in [1.29, 1.82) is 5.26 Å². The summed E-state index contributed by atoms with van der Waals surface area (Å²) in [5.41, 5.74) is 4.91. The van der Waals surface area contributed by atoms with Crippen molar-refractivity contribution in [3.63, 3.8) is 0 Å². The quantitative estimate of drug-likeness (QED) is 0.384. The molecule has 4 rings (SSSR count). The maximum absolute atomic E-state index is 12.8. The number of hydrogen-bond donors (Lipinski definition) is 0. The Morgan fingerprint density at radius 1 is 1.14 bits per heavy atom. The number of nitriles is 1. The molecule has 2 aromatic rings. The average Bonchev–Trinajstić information content (AvgIpc) is 3.39. The molecular formula is C27H29F3N2O4. The van der Waals surface area contributed by atoms with Gasteiger partial charge in [0.2, 0.25) is 17.8 Å². The molecule has 0 amide bonds. The fraction of sp³-hybridized carbons (Fsp3) is 0.444. The van der Waals surface area contributed by atoms with Crippen molar-refractivity contribution >= 4 is 17.6 Å². The number of hydrogen-bond acceptors (Lipinski definition) is 6. The topological polar surface area (TPSA) is 83.5 Å². The van der Waals surface area contributed by atoms with E-state index < -0.39 is 12.5 Å². The first-order chi connectivity index (χ1) is 17.3. The molecule has 36 heavy (non-hydrogen) atoms. The SMILES string of the molecule is N#Cc1ccc(C(=O)Cc2ccc(CCN3CCOCC3)cc2C2=CCCCC2)o1.O=CC(F)(F)F. The molecule has 6 nitrogen and oxygen atoms in total. The smallest absolute Gasteiger partial charge is 0.442 e. The highest BCUT2D eigenvalue weighted by Gasteiger charge is 2.25. The van der Waals surface area contributed by atoms with Crippen molar-refractivity contribution in [2.75, 3.05) is 32.8 Å². The predicted molar refractivity (Wildman–Crippen MR) is 127 cm³/mol. The van der Waals surface area contributed by atoms with E-state index >= 15 is 0 Å². The number of allylic oxidation sites excluding steroid dienone is 2. The fourth-order valence-corrected chi connectivity index (χ4v) is 4.23. The first-order valence-corrected chi connectivity index (χ1v) is 12.0. The minimum atomic E-state index is -4.64. The number of carbonyl (C=O) groups is 2. The molecule has 0 bridgehead atoms. The van der Waals surface area contributed by atoms with Crippen LogP contribution < -0.4 is 0 Å². The Hall–Kier alpha value is -3.22. The highest BCUT2D eigenvalue weighted by molar-refractivity contribution is 5.96. The van der Waals surface area contributed by atoms with E-state index in [1.54, 1.807) is 12.1 Å². The molecular weight excluding hydrogens is 473 g/mol. The monoisotopic (exact) mass is 502 g/mol. The molecule has 0 unspecified atom stereocenters. The summed E-state index contributed by atoms with van der Waals surface area (Å²) in [6.45, 7) is 4.67. The molecule has 2 aliphatic rings. The lowest BCUT2D eigenvalue weighted by atomic mass is 9.87. The summed E-state index contributed by atoms with van der Waals surface area (Å²) >= 11 is 0. The summed E-state index contributed by atoms with van der Waals surface area (Å²) in [5.74, 6) is 0.341. The lowest BCUT2D eigenvalue weighted by Crippen LogP contribution is -2.37. The molecule has 192 valence electrons. The first kappa shape index (κ1) is 27.4. The third kappa shape index (κ3) is 8.47. The lowest BCUT2D eigenvalue weighted by molar-refractivity contribution is -0.156. The molecule has 0 saturated carbocycles. The molecule has 0 spiro atoms. The van der Waals surface area contributed by atoms with Crippen LogP contribution in [0.15, 0.2) is 40.8 Å². The number of ketones is 1. The van der Waals surface area contributed by atoms with Crippen molar-refractivity contribution in [3.8, 4) is 6.07 Å². The summed E-state index contributed by atoms with van der Waals surface area (Å²) in [6.07, 6.45) is 2.51. The van der Waals surface area contributed by atoms with E-state index in [1.165, 1.54) is 29.5 Å². The Bertz CT molecular complexity index is 1110. The van der Waals surface area contributed by atoms with Gasteiger partial charge in [-0.25, -0.2) is 0 Å². The van der Waals surface area contributed by atoms with Crippen LogP contribution in [-0.2, 0) is 22.4 Å². The van der Waals surface area contributed by atoms with Crippen LogP contribution in [0.1, 0.15) is 58.7 Å². The molecule has 1 aromatic carbocycles. The minimum Gasteiger partial charge on any atom is -0.442 e. The van der Waals surface area contributed by atoms with Gasteiger partial charge in [-0.15, -0.1) is 0 Å². The van der Waals surface area contributed by atoms with Crippen molar-refractivity contribution in [1.82, 2.24) is 4.90 Å². The van der Waals surface area contributed by atoms with Crippen molar-refractivity contribution in [3.05, 3.63) is 64.6 Å². The number of halogens is 3.